The Balaban J connectivity index is 3.35. The SMILES string of the molecule is CC=NC=NC=NC. The Morgan fingerprint density at radius 1 is 1.12 bits per heavy atom. The summed E-state index contributed by atoms with van der Waals surface area (Å²) in [6, 6.07) is 0. The van der Waals surface area contributed by atoms with E-state index in [2.05, 4.69) is 15.0 Å². The Labute approximate surface area is 48.9 Å². The van der Waals surface area contributed by atoms with Gasteiger partial charge in [0.1, 0.15) is 12.7 Å². The van der Waals surface area contributed by atoms with Gasteiger partial charge in [0, 0.05) is 13.3 Å². The molecule has 0 heterocycles. The van der Waals surface area contributed by atoms with E-state index in [1.165, 1.54) is 12.7 Å². The number of hydrogen-bond donors (Lipinski definition) is 0. The summed E-state index contributed by atoms with van der Waals surface area (Å²) >= 11 is 0. The van der Waals surface area contributed by atoms with Crippen molar-refractivity contribution in [2.24, 2.45) is 15.0 Å². The molecule has 44 valence electrons. The molecule has 0 aliphatic heterocycles. The molecule has 0 spiro atoms. The first-order valence-corrected chi connectivity index (χ1v) is 2.32. The van der Waals surface area contributed by atoms with Gasteiger partial charge in [-0.2, -0.15) is 0 Å². The molecule has 0 amide bonds. The third-order valence-electron chi connectivity index (χ3n) is 0.465. The lowest BCUT2D eigenvalue weighted by Crippen LogP contribution is -1.67. The van der Waals surface area contributed by atoms with Crippen LogP contribution in [0.4, 0.5) is 0 Å². The number of rotatable bonds is 2. The highest BCUT2D eigenvalue weighted by Crippen LogP contribution is 1.59. The summed E-state index contributed by atoms with van der Waals surface area (Å²) in [5.41, 5.74) is 0. The van der Waals surface area contributed by atoms with E-state index < -0.39 is 0 Å². The maximum absolute atomic E-state index is 3.70. The molecule has 0 rings (SSSR count). The van der Waals surface area contributed by atoms with Crippen molar-refractivity contribution in [2.45, 2.75) is 6.92 Å². The van der Waals surface area contributed by atoms with Crippen LogP contribution < -0.4 is 0 Å². The average molecular weight is 111 g/mol. The Morgan fingerprint density at radius 3 is 2.38 bits per heavy atom. The predicted molar refractivity (Wildman–Crippen MR) is 37.1 cm³/mol. The van der Waals surface area contributed by atoms with E-state index in [1.807, 2.05) is 6.92 Å². The molecule has 3 heteroatoms. The molecule has 0 fully saturated rings. The molecule has 0 radical (unpaired) electrons. The van der Waals surface area contributed by atoms with Gasteiger partial charge in [-0.25, -0.2) is 9.98 Å². The molecule has 0 bridgehead atoms. The standard InChI is InChI=1S/C5H9N3/c1-3-7-5-8-4-6-2/h3-5H,1-2H3. The molecule has 0 N–H and O–H groups in total. The summed E-state index contributed by atoms with van der Waals surface area (Å²) in [5, 5.41) is 0. The van der Waals surface area contributed by atoms with Crippen molar-refractivity contribution in [3.8, 4) is 0 Å². The van der Waals surface area contributed by atoms with Crippen LogP contribution in [0.15, 0.2) is 15.0 Å². The second kappa shape index (κ2) is 6.01. The highest BCUT2D eigenvalue weighted by molar-refractivity contribution is 5.77. The second-order valence-electron chi connectivity index (χ2n) is 1.05. The van der Waals surface area contributed by atoms with Gasteiger partial charge in [-0.15, -0.1) is 0 Å². The van der Waals surface area contributed by atoms with E-state index in [4.69, 9.17) is 0 Å². The first-order chi connectivity index (χ1) is 3.91. The minimum atomic E-state index is 1.44. The summed E-state index contributed by atoms with van der Waals surface area (Å²) in [6.45, 7) is 1.83. The van der Waals surface area contributed by atoms with Crippen LogP contribution in [0.1, 0.15) is 6.92 Å². The van der Waals surface area contributed by atoms with Crippen molar-refractivity contribution in [1.29, 1.82) is 0 Å². The monoisotopic (exact) mass is 111 g/mol. The van der Waals surface area contributed by atoms with Crippen molar-refractivity contribution < 1.29 is 0 Å². The van der Waals surface area contributed by atoms with E-state index in [1.54, 1.807) is 13.3 Å². The maximum atomic E-state index is 3.70. The van der Waals surface area contributed by atoms with E-state index in [9.17, 15) is 0 Å². The molecule has 0 saturated heterocycles. The van der Waals surface area contributed by atoms with Crippen molar-refractivity contribution in [2.75, 3.05) is 7.05 Å². The number of aliphatic imine (C=N–C) groups is 3. The average Bonchev–Trinajstić information content (AvgIpc) is 1.81. The van der Waals surface area contributed by atoms with E-state index in [0.717, 1.165) is 0 Å². The first-order valence-electron chi connectivity index (χ1n) is 2.32. The van der Waals surface area contributed by atoms with Crippen molar-refractivity contribution in [1.82, 2.24) is 0 Å². The first kappa shape index (κ1) is 7.01. The molecule has 0 aromatic rings. The van der Waals surface area contributed by atoms with Crippen LogP contribution in [0.2, 0.25) is 0 Å². The van der Waals surface area contributed by atoms with Crippen LogP contribution in [-0.4, -0.2) is 25.9 Å². The van der Waals surface area contributed by atoms with Gasteiger partial charge in [0.25, 0.3) is 0 Å². The Bertz CT molecular complexity index is 98.8. The molecule has 3 nitrogen and oxygen atoms in total. The van der Waals surface area contributed by atoms with Gasteiger partial charge in [0.2, 0.25) is 0 Å². The molecule has 0 aliphatic rings. The van der Waals surface area contributed by atoms with Crippen LogP contribution in [0.25, 0.3) is 0 Å². The van der Waals surface area contributed by atoms with E-state index in [0.29, 0.717) is 0 Å². The topological polar surface area (TPSA) is 37.1 Å². The van der Waals surface area contributed by atoms with Gasteiger partial charge < -0.3 is 0 Å². The van der Waals surface area contributed by atoms with Crippen LogP contribution >= 0.6 is 0 Å². The Morgan fingerprint density at radius 2 is 1.88 bits per heavy atom. The smallest absolute Gasteiger partial charge is 0.116 e. The molecule has 0 aliphatic carbocycles. The summed E-state index contributed by atoms with van der Waals surface area (Å²) < 4.78 is 0. The Kier molecular flexibility index (Phi) is 5.27. The lowest BCUT2D eigenvalue weighted by atomic mass is 10.9. The maximum Gasteiger partial charge on any atom is 0.116 e. The van der Waals surface area contributed by atoms with Gasteiger partial charge in [0.05, 0.1) is 0 Å². The minimum Gasteiger partial charge on any atom is -0.277 e. The molecule has 0 aromatic heterocycles. The molecular formula is C5H9N3. The number of nitrogens with zero attached hydrogens (tertiary/aromatic N) is 3. The van der Waals surface area contributed by atoms with Crippen LogP contribution in [-0.2, 0) is 0 Å². The number of hydrogen-bond acceptors (Lipinski definition) is 1. The highest BCUT2D eigenvalue weighted by atomic mass is 14.9. The molecule has 0 atom stereocenters. The molecule has 0 saturated carbocycles. The molecule has 8 heavy (non-hydrogen) atoms. The summed E-state index contributed by atoms with van der Waals surface area (Å²) in [4.78, 5) is 11.0. The molecule has 0 aromatic carbocycles. The lowest BCUT2D eigenvalue weighted by Gasteiger charge is -1.69. The van der Waals surface area contributed by atoms with Crippen LogP contribution in [0.3, 0.4) is 0 Å². The van der Waals surface area contributed by atoms with Gasteiger partial charge in [-0.3, -0.25) is 4.99 Å². The van der Waals surface area contributed by atoms with Gasteiger partial charge in [0.15, 0.2) is 0 Å². The fourth-order valence-electron chi connectivity index (χ4n) is 0.202. The van der Waals surface area contributed by atoms with Crippen LogP contribution in [0, 0.1) is 0 Å². The largest absolute Gasteiger partial charge is 0.277 e. The second-order valence-corrected chi connectivity index (χ2v) is 1.05. The Hall–Kier alpha value is -0.990. The van der Waals surface area contributed by atoms with Gasteiger partial charge >= 0.3 is 0 Å². The lowest BCUT2D eigenvalue weighted by molar-refractivity contribution is 1.44. The normalized spacial score (nSPS) is 12.8. The van der Waals surface area contributed by atoms with E-state index >= 15 is 0 Å². The minimum absolute atomic E-state index is 1.44. The van der Waals surface area contributed by atoms with Crippen molar-refractivity contribution in [3.63, 3.8) is 0 Å². The zero-order valence-corrected chi connectivity index (χ0v) is 5.07. The van der Waals surface area contributed by atoms with Crippen molar-refractivity contribution >= 4 is 18.9 Å². The third kappa shape index (κ3) is 5.01. The zero-order valence-electron chi connectivity index (χ0n) is 5.07. The molecular weight excluding hydrogens is 102 g/mol. The third-order valence-corrected chi connectivity index (χ3v) is 0.465. The van der Waals surface area contributed by atoms with Crippen LogP contribution in [0.5, 0.6) is 0 Å². The van der Waals surface area contributed by atoms with Gasteiger partial charge in [-0.05, 0) is 6.92 Å². The summed E-state index contributed by atoms with van der Waals surface area (Å²) in [7, 11) is 1.66. The van der Waals surface area contributed by atoms with Gasteiger partial charge in [-0.1, -0.05) is 0 Å². The zero-order chi connectivity index (χ0) is 6.24. The highest BCUT2D eigenvalue weighted by Gasteiger charge is 1.55. The fraction of sp³-hybridized carbons (Fsp3) is 0.400. The van der Waals surface area contributed by atoms with Crippen molar-refractivity contribution in [3.05, 3.63) is 0 Å². The fourth-order valence-corrected chi connectivity index (χ4v) is 0.202. The summed E-state index contributed by atoms with van der Waals surface area (Å²) in [6.07, 6.45) is 4.53. The predicted octanol–water partition coefficient (Wildman–Crippen LogP) is 0.764. The van der Waals surface area contributed by atoms with E-state index in [-0.39, 0.29) is 0 Å². The molecule has 0 unspecified atom stereocenters. The quantitative estimate of drug-likeness (QED) is 0.373. The summed E-state index contributed by atoms with van der Waals surface area (Å²) in [5.74, 6) is 0.